The van der Waals surface area contributed by atoms with Crippen LogP contribution in [-0.4, -0.2) is 0 Å². The minimum atomic E-state index is -0.293. The van der Waals surface area contributed by atoms with Crippen molar-refractivity contribution in [1.82, 2.24) is 0 Å². The maximum absolute atomic E-state index is 6.34. The third kappa shape index (κ3) is 2.37. The number of furan rings is 1. The lowest BCUT2D eigenvalue weighted by Crippen LogP contribution is -2.12. The van der Waals surface area contributed by atoms with Gasteiger partial charge in [-0.25, -0.2) is 0 Å². The molecule has 4 heteroatoms. The summed E-state index contributed by atoms with van der Waals surface area (Å²) in [6, 6.07) is 13.2. The summed E-state index contributed by atoms with van der Waals surface area (Å²) >= 11 is 9.52. The first kappa shape index (κ1) is 13.7. The summed E-state index contributed by atoms with van der Waals surface area (Å²) in [5, 5.41) is 1.66. The molecule has 0 spiro atoms. The van der Waals surface area contributed by atoms with Crippen molar-refractivity contribution in [2.24, 2.45) is 5.73 Å². The predicted octanol–water partition coefficient (Wildman–Crippen LogP) is 5.21. The van der Waals surface area contributed by atoms with E-state index in [1.807, 2.05) is 49.4 Å². The largest absolute Gasteiger partial charge is 0.459 e. The van der Waals surface area contributed by atoms with Crippen LogP contribution in [0.5, 0.6) is 0 Å². The van der Waals surface area contributed by atoms with Crippen LogP contribution >= 0.6 is 27.5 Å². The molecule has 102 valence electrons. The van der Waals surface area contributed by atoms with Crippen molar-refractivity contribution in [2.45, 2.75) is 13.0 Å². The minimum absolute atomic E-state index is 0.293. The summed E-state index contributed by atoms with van der Waals surface area (Å²) in [7, 11) is 0. The number of halogens is 2. The van der Waals surface area contributed by atoms with Crippen LogP contribution < -0.4 is 5.73 Å². The van der Waals surface area contributed by atoms with Gasteiger partial charge in [0.15, 0.2) is 0 Å². The van der Waals surface area contributed by atoms with Crippen LogP contribution in [-0.2, 0) is 0 Å². The fourth-order valence-corrected chi connectivity index (χ4v) is 2.86. The molecule has 0 bridgehead atoms. The first-order valence-electron chi connectivity index (χ1n) is 6.26. The molecule has 0 radical (unpaired) electrons. The van der Waals surface area contributed by atoms with E-state index in [2.05, 4.69) is 15.9 Å². The van der Waals surface area contributed by atoms with Gasteiger partial charge in [0.05, 0.1) is 6.04 Å². The van der Waals surface area contributed by atoms with Gasteiger partial charge in [-0.3, -0.25) is 0 Å². The van der Waals surface area contributed by atoms with Crippen molar-refractivity contribution in [3.8, 4) is 0 Å². The Kier molecular flexibility index (Phi) is 3.59. The summed E-state index contributed by atoms with van der Waals surface area (Å²) in [4.78, 5) is 0. The molecule has 1 unspecified atom stereocenters. The maximum atomic E-state index is 6.34. The lowest BCUT2D eigenvalue weighted by atomic mass is 10.00. The van der Waals surface area contributed by atoms with E-state index in [1.165, 1.54) is 0 Å². The van der Waals surface area contributed by atoms with Crippen LogP contribution in [0, 0.1) is 6.92 Å². The van der Waals surface area contributed by atoms with E-state index in [0.717, 1.165) is 32.3 Å². The zero-order chi connectivity index (χ0) is 14.3. The van der Waals surface area contributed by atoms with Crippen LogP contribution in [0.25, 0.3) is 11.0 Å². The smallest absolute Gasteiger partial charge is 0.134 e. The zero-order valence-electron chi connectivity index (χ0n) is 10.9. The summed E-state index contributed by atoms with van der Waals surface area (Å²) in [6.45, 7) is 2.04. The van der Waals surface area contributed by atoms with Gasteiger partial charge in [0.2, 0.25) is 0 Å². The van der Waals surface area contributed by atoms with Gasteiger partial charge in [-0.1, -0.05) is 39.7 Å². The Balaban J connectivity index is 2.08. The molecule has 0 aliphatic carbocycles. The van der Waals surface area contributed by atoms with Crippen molar-refractivity contribution in [3.05, 3.63) is 68.8 Å². The summed E-state index contributed by atoms with van der Waals surface area (Å²) in [5.74, 6) is 0.739. The van der Waals surface area contributed by atoms with Crippen LogP contribution in [0.3, 0.4) is 0 Å². The standard InChI is InChI=1S/C16H13BrClNO/c1-9-12(3-2-4-13(9)17)16(19)15-8-10-7-11(18)5-6-14(10)20-15/h2-8,16H,19H2,1H3. The Morgan fingerprint density at radius 1 is 1.20 bits per heavy atom. The highest BCUT2D eigenvalue weighted by molar-refractivity contribution is 9.10. The molecule has 2 N–H and O–H groups in total. The number of rotatable bonds is 2. The van der Waals surface area contributed by atoms with Crippen LogP contribution in [0.2, 0.25) is 5.02 Å². The highest BCUT2D eigenvalue weighted by Gasteiger charge is 2.17. The quantitative estimate of drug-likeness (QED) is 0.689. The molecule has 1 aromatic heterocycles. The van der Waals surface area contributed by atoms with Gasteiger partial charge in [0, 0.05) is 14.9 Å². The number of hydrogen-bond donors (Lipinski definition) is 1. The molecule has 2 aromatic carbocycles. The van der Waals surface area contributed by atoms with Gasteiger partial charge < -0.3 is 10.2 Å². The van der Waals surface area contributed by atoms with E-state index in [-0.39, 0.29) is 6.04 Å². The zero-order valence-corrected chi connectivity index (χ0v) is 13.2. The van der Waals surface area contributed by atoms with E-state index in [9.17, 15) is 0 Å². The molecule has 2 nitrogen and oxygen atoms in total. The Hall–Kier alpha value is -1.29. The Labute approximate surface area is 130 Å². The molecule has 3 rings (SSSR count). The van der Waals surface area contributed by atoms with Gasteiger partial charge in [0.25, 0.3) is 0 Å². The SMILES string of the molecule is Cc1c(Br)cccc1C(N)c1cc2cc(Cl)ccc2o1. The molecular weight excluding hydrogens is 338 g/mol. The maximum Gasteiger partial charge on any atom is 0.134 e. The molecule has 0 amide bonds. The van der Waals surface area contributed by atoms with Gasteiger partial charge in [-0.2, -0.15) is 0 Å². The fraction of sp³-hybridized carbons (Fsp3) is 0.125. The fourth-order valence-electron chi connectivity index (χ4n) is 2.30. The first-order chi connectivity index (χ1) is 9.56. The van der Waals surface area contributed by atoms with E-state index in [4.69, 9.17) is 21.8 Å². The highest BCUT2D eigenvalue weighted by Crippen LogP contribution is 2.31. The third-order valence-corrected chi connectivity index (χ3v) is 4.54. The third-order valence-electron chi connectivity index (χ3n) is 3.45. The number of nitrogens with two attached hydrogens (primary N) is 1. The minimum Gasteiger partial charge on any atom is -0.459 e. The second kappa shape index (κ2) is 5.24. The molecule has 0 aliphatic heterocycles. The van der Waals surface area contributed by atoms with Crippen molar-refractivity contribution in [1.29, 1.82) is 0 Å². The predicted molar refractivity (Wildman–Crippen MR) is 86.1 cm³/mol. The van der Waals surface area contributed by atoms with E-state index in [0.29, 0.717) is 5.02 Å². The molecule has 0 saturated heterocycles. The second-order valence-electron chi connectivity index (χ2n) is 4.76. The molecule has 0 aliphatic rings. The van der Waals surface area contributed by atoms with Crippen molar-refractivity contribution >= 4 is 38.5 Å². The van der Waals surface area contributed by atoms with E-state index >= 15 is 0 Å². The molecule has 1 atom stereocenters. The molecule has 3 aromatic rings. The number of fused-ring (bicyclic) bond motifs is 1. The molecule has 0 fully saturated rings. The van der Waals surface area contributed by atoms with Gasteiger partial charge >= 0.3 is 0 Å². The van der Waals surface area contributed by atoms with Crippen LogP contribution in [0.4, 0.5) is 0 Å². The summed E-state index contributed by atoms with van der Waals surface area (Å²) < 4.78 is 6.88. The lowest BCUT2D eigenvalue weighted by molar-refractivity contribution is 0.524. The number of hydrogen-bond acceptors (Lipinski definition) is 2. The first-order valence-corrected chi connectivity index (χ1v) is 7.43. The second-order valence-corrected chi connectivity index (χ2v) is 6.05. The topological polar surface area (TPSA) is 39.2 Å². The molecule has 0 saturated carbocycles. The Morgan fingerprint density at radius 3 is 2.80 bits per heavy atom. The average molecular weight is 351 g/mol. The Morgan fingerprint density at radius 2 is 2.00 bits per heavy atom. The van der Waals surface area contributed by atoms with E-state index < -0.39 is 0 Å². The number of benzene rings is 2. The summed E-state index contributed by atoms with van der Waals surface area (Å²) in [5.41, 5.74) is 9.31. The average Bonchev–Trinajstić information content (AvgIpc) is 2.84. The van der Waals surface area contributed by atoms with E-state index in [1.54, 1.807) is 0 Å². The van der Waals surface area contributed by atoms with Gasteiger partial charge in [-0.05, 0) is 48.4 Å². The lowest BCUT2D eigenvalue weighted by Gasteiger charge is -2.13. The molecule has 1 heterocycles. The van der Waals surface area contributed by atoms with Crippen molar-refractivity contribution in [2.75, 3.05) is 0 Å². The van der Waals surface area contributed by atoms with Crippen molar-refractivity contribution in [3.63, 3.8) is 0 Å². The molecule has 20 heavy (non-hydrogen) atoms. The monoisotopic (exact) mass is 349 g/mol. The highest BCUT2D eigenvalue weighted by atomic mass is 79.9. The normalized spacial score (nSPS) is 12.8. The molecular formula is C16H13BrClNO. The van der Waals surface area contributed by atoms with Crippen LogP contribution in [0.1, 0.15) is 22.9 Å². The van der Waals surface area contributed by atoms with Gasteiger partial charge in [0.1, 0.15) is 11.3 Å². The van der Waals surface area contributed by atoms with Crippen molar-refractivity contribution < 1.29 is 4.42 Å². The van der Waals surface area contributed by atoms with Gasteiger partial charge in [-0.15, -0.1) is 0 Å². The summed E-state index contributed by atoms with van der Waals surface area (Å²) in [6.07, 6.45) is 0. The Bertz CT molecular complexity index is 781. The van der Waals surface area contributed by atoms with Crippen LogP contribution in [0.15, 0.2) is 51.4 Å².